The summed E-state index contributed by atoms with van der Waals surface area (Å²) < 4.78 is 0. The van der Waals surface area contributed by atoms with Gasteiger partial charge in [-0.1, -0.05) is 44.2 Å². The minimum absolute atomic E-state index is 0.0303. The van der Waals surface area contributed by atoms with E-state index in [2.05, 4.69) is 13.8 Å². The fraction of sp³-hybridized carbons (Fsp3) is 0.500. The van der Waals surface area contributed by atoms with Crippen LogP contribution in [0.2, 0.25) is 0 Å². The molecular formula is C16H22N2O2. The third kappa shape index (κ3) is 2.55. The Hall–Kier alpha value is -1.84. The van der Waals surface area contributed by atoms with Crippen molar-refractivity contribution in [1.82, 2.24) is 9.80 Å². The quantitative estimate of drug-likeness (QED) is 0.849. The van der Waals surface area contributed by atoms with Crippen LogP contribution in [0.3, 0.4) is 0 Å². The van der Waals surface area contributed by atoms with Gasteiger partial charge in [0.25, 0.3) is 0 Å². The summed E-state index contributed by atoms with van der Waals surface area (Å²) in [5, 5.41) is 0. The number of likely N-dealkylation sites (N-methyl/N-ethyl adjacent to an activating group) is 1. The molecule has 1 aromatic rings. The van der Waals surface area contributed by atoms with Crippen molar-refractivity contribution in [3.8, 4) is 0 Å². The second kappa shape index (κ2) is 5.65. The van der Waals surface area contributed by atoms with Gasteiger partial charge in [0.05, 0.1) is 0 Å². The lowest BCUT2D eigenvalue weighted by atomic mass is 10.0. The molecule has 108 valence electrons. The molecule has 1 heterocycles. The lowest BCUT2D eigenvalue weighted by molar-refractivity contribution is -0.135. The zero-order chi connectivity index (χ0) is 14.9. The lowest BCUT2D eigenvalue weighted by Crippen LogP contribution is -2.38. The molecular weight excluding hydrogens is 252 g/mol. The van der Waals surface area contributed by atoms with Crippen molar-refractivity contribution in [2.75, 3.05) is 7.05 Å². The van der Waals surface area contributed by atoms with Gasteiger partial charge in [-0.2, -0.15) is 0 Å². The van der Waals surface area contributed by atoms with Crippen molar-refractivity contribution in [1.29, 1.82) is 0 Å². The lowest BCUT2D eigenvalue weighted by Gasteiger charge is -2.29. The third-order valence-corrected chi connectivity index (χ3v) is 3.75. The fourth-order valence-corrected chi connectivity index (χ4v) is 2.89. The Kier molecular flexibility index (Phi) is 4.12. The number of amides is 2. The average Bonchev–Trinajstić information content (AvgIpc) is 2.64. The van der Waals surface area contributed by atoms with E-state index in [4.69, 9.17) is 0 Å². The highest BCUT2D eigenvalue weighted by atomic mass is 16.2. The number of benzene rings is 1. The van der Waals surface area contributed by atoms with Crippen molar-refractivity contribution in [2.24, 2.45) is 5.92 Å². The van der Waals surface area contributed by atoms with Crippen molar-refractivity contribution in [2.45, 2.75) is 39.4 Å². The van der Waals surface area contributed by atoms with Gasteiger partial charge in [0.2, 0.25) is 11.8 Å². The number of hydrogen-bond acceptors (Lipinski definition) is 2. The summed E-state index contributed by atoms with van der Waals surface area (Å²) in [6, 6.07) is 9.38. The van der Waals surface area contributed by atoms with Crippen LogP contribution in [-0.4, -0.2) is 34.7 Å². The van der Waals surface area contributed by atoms with Crippen LogP contribution in [0, 0.1) is 5.92 Å². The second-order valence-electron chi connectivity index (χ2n) is 5.81. The minimum Gasteiger partial charge on any atom is -0.319 e. The van der Waals surface area contributed by atoms with Crippen molar-refractivity contribution in [3.63, 3.8) is 0 Å². The highest BCUT2D eigenvalue weighted by molar-refractivity contribution is 5.90. The molecule has 2 amide bonds. The highest BCUT2D eigenvalue weighted by Gasteiger charge is 2.46. The maximum absolute atomic E-state index is 12.5. The van der Waals surface area contributed by atoms with E-state index < -0.39 is 0 Å². The molecule has 1 saturated heterocycles. The summed E-state index contributed by atoms with van der Waals surface area (Å²) in [5.41, 5.74) is 0.977. The number of hydrogen-bond donors (Lipinski definition) is 0. The Balaban J connectivity index is 2.40. The van der Waals surface area contributed by atoms with E-state index in [-0.39, 0.29) is 24.0 Å². The third-order valence-electron chi connectivity index (χ3n) is 3.75. The Morgan fingerprint density at radius 2 is 1.85 bits per heavy atom. The maximum Gasteiger partial charge on any atom is 0.247 e. The van der Waals surface area contributed by atoms with E-state index in [1.165, 1.54) is 6.92 Å². The van der Waals surface area contributed by atoms with Crippen LogP contribution >= 0.6 is 0 Å². The largest absolute Gasteiger partial charge is 0.319 e. The predicted molar refractivity (Wildman–Crippen MR) is 77.7 cm³/mol. The molecule has 2 atom stereocenters. The molecule has 4 heteroatoms. The van der Waals surface area contributed by atoms with Gasteiger partial charge < -0.3 is 9.80 Å². The molecule has 1 fully saturated rings. The fourth-order valence-electron chi connectivity index (χ4n) is 2.89. The van der Waals surface area contributed by atoms with Crippen molar-refractivity contribution < 1.29 is 9.59 Å². The summed E-state index contributed by atoms with van der Waals surface area (Å²) in [5.74, 6) is 0.346. The van der Waals surface area contributed by atoms with Gasteiger partial charge in [0.1, 0.15) is 12.2 Å². The van der Waals surface area contributed by atoms with Crippen LogP contribution < -0.4 is 0 Å². The SMILES string of the molecule is CC(=O)N1C(c2ccccc2)N(C)C(=O)[C@H]1CC(C)C. The first-order valence-corrected chi connectivity index (χ1v) is 7.04. The Labute approximate surface area is 120 Å². The first kappa shape index (κ1) is 14.6. The zero-order valence-electron chi connectivity index (χ0n) is 12.5. The molecule has 0 saturated carbocycles. The van der Waals surface area contributed by atoms with E-state index >= 15 is 0 Å². The smallest absolute Gasteiger partial charge is 0.247 e. The Morgan fingerprint density at radius 3 is 2.35 bits per heavy atom. The second-order valence-corrected chi connectivity index (χ2v) is 5.81. The number of carbonyl (C=O) groups is 2. The zero-order valence-corrected chi connectivity index (χ0v) is 12.5. The standard InChI is InChI=1S/C16H22N2O2/c1-11(2)10-14-16(20)17(4)15(18(14)12(3)19)13-8-6-5-7-9-13/h5-9,11,14-15H,10H2,1-4H3/t14-,15?/m1/s1. The minimum atomic E-state index is -0.345. The summed E-state index contributed by atoms with van der Waals surface area (Å²) in [6.45, 7) is 5.68. The monoisotopic (exact) mass is 274 g/mol. The molecule has 0 aliphatic carbocycles. The molecule has 0 radical (unpaired) electrons. The van der Waals surface area contributed by atoms with Crippen LogP contribution in [0.15, 0.2) is 30.3 Å². The molecule has 0 spiro atoms. The number of nitrogens with zero attached hydrogens (tertiary/aromatic N) is 2. The normalized spacial score (nSPS) is 22.8. The molecule has 2 rings (SSSR count). The van der Waals surface area contributed by atoms with Gasteiger partial charge in [-0.05, 0) is 17.9 Å². The summed E-state index contributed by atoms with van der Waals surface area (Å²) in [4.78, 5) is 27.9. The van der Waals surface area contributed by atoms with E-state index in [1.54, 1.807) is 16.8 Å². The van der Waals surface area contributed by atoms with E-state index in [1.807, 2.05) is 30.3 Å². The molecule has 20 heavy (non-hydrogen) atoms. The Bertz CT molecular complexity index is 498. The maximum atomic E-state index is 12.5. The Morgan fingerprint density at radius 1 is 1.25 bits per heavy atom. The van der Waals surface area contributed by atoms with Crippen LogP contribution in [0.25, 0.3) is 0 Å². The molecule has 0 aromatic heterocycles. The van der Waals surface area contributed by atoms with Gasteiger partial charge >= 0.3 is 0 Å². The van der Waals surface area contributed by atoms with Gasteiger partial charge in [-0.25, -0.2) is 0 Å². The van der Waals surface area contributed by atoms with Gasteiger partial charge in [-0.3, -0.25) is 9.59 Å². The number of rotatable bonds is 3. The summed E-state index contributed by atoms with van der Waals surface area (Å²) in [7, 11) is 1.77. The molecule has 4 nitrogen and oxygen atoms in total. The van der Waals surface area contributed by atoms with Crippen LogP contribution in [0.1, 0.15) is 38.9 Å². The van der Waals surface area contributed by atoms with Crippen LogP contribution in [0.5, 0.6) is 0 Å². The molecule has 1 aromatic carbocycles. The highest BCUT2D eigenvalue weighted by Crippen LogP contribution is 2.35. The molecule has 1 aliphatic heterocycles. The molecule has 1 aliphatic rings. The van der Waals surface area contributed by atoms with E-state index in [0.29, 0.717) is 12.3 Å². The molecule has 0 bridgehead atoms. The van der Waals surface area contributed by atoms with Gasteiger partial charge in [0, 0.05) is 14.0 Å². The average molecular weight is 274 g/mol. The molecule has 0 N–H and O–H groups in total. The predicted octanol–water partition coefficient (Wildman–Crippen LogP) is 2.42. The summed E-state index contributed by atoms with van der Waals surface area (Å²) >= 11 is 0. The first-order chi connectivity index (χ1) is 9.43. The van der Waals surface area contributed by atoms with Gasteiger partial charge in [0.15, 0.2) is 0 Å². The first-order valence-electron chi connectivity index (χ1n) is 7.04. The topological polar surface area (TPSA) is 40.6 Å². The van der Waals surface area contributed by atoms with Crippen molar-refractivity contribution >= 4 is 11.8 Å². The van der Waals surface area contributed by atoms with Crippen molar-refractivity contribution in [3.05, 3.63) is 35.9 Å². The number of carbonyl (C=O) groups excluding carboxylic acids is 2. The van der Waals surface area contributed by atoms with Gasteiger partial charge in [-0.15, -0.1) is 0 Å². The van der Waals surface area contributed by atoms with Crippen LogP contribution in [-0.2, 0) is 9.59 Å². The molecule has 1 unspecified atom stereocenters. The van der Waals surface area contributed by atoms with Crippen LogP contribution in [0.4, 0.5) is 0 Å². The summed E-state index contributed by atoms with van der Waals surface area (Å²) in [6.07, 6.45) is 0.413. The van der Waals surface area contributed by atoms with E-state index in [0.717, 1.165) is 5.56 Å². The van der Waals surface area contributed by atoms with E-state index in [9.17, 15) is 9.59 Å².